The standard InChI is InChI=1S/C16H28N2/c1-16(2,3)10-15(11-17)13-18(4)12-14-8-6-5-7-9-14/h5-9,15H,10-13,17H2,1-4H3. The minimum atomic E-state index is 0.359. The average Bonchev–Trinajstić information content (AvgIpc) is 2.27. The summed E-state index contributed by atoms with van der Waals surface area (Å²) in [4.78, 5) is 2.37. The summed E-state index contributed by atoms with van der Waals surface area (Å²) in [5.74, 6) is 0.582. The highest BCUT2D eigenvalue weighted by molar-refractivity contribution is 5.14. The molecule has 0 heterocycles. The lowest BCUT2D eigenvalue weighted by molar-refractivity contribution is 0.216. The van der Waals surface area contributed by atoms with E-state index in [1.807, 2.05) is 0 Å². The Balaban J connectivity index is 2.45. The third-order valence-electron chi connectivity index (χ3n) is 3.10. The molecule has 0 saturated carbocycles. The Hall–Kier alpha value is -0.860. The monoisotopic (exact) mass is 248 g/mol. The maximum atomic E-state index is 5.89. The van der Waals surface area contributed by atoms with Crippen LogP contribution in [0.15, 0.2) is 30.3 Å². The molecule has 0 saturated heterocycles. The van der Waals surface area contributed by atoms with Gasteiger partial charge in [-0.15, -0.1) is 0 Å². The average molecular weight is 248 g/mol. The second kappa shape index (κ2) is 6.91. The van der Waals surface area contributed by atoms with E-state index in [4.69, 9.17) is 5.73 Å². The van der Waals surface area contributed by atoms with E-state index in [0.29, 0.717) is 11.3 Å². The van der Waals surface area contributed by atoms with Gasteiger partial charge in [-0.05, 0) is 36.9 Å². The molecule has 1 aromatic rings. The van der Waals surface area contributed by atoms with E-state index in [1.165, 1.54) is 12.0 Å². The van der Waals surface area contributed by atoms with E-state index >= 15 is 0 Å². The van der Waals surface area contributed by atoms with Gasteiger partial charge in [-0.3, -0.25) is 0 Å². The minimum absolute atomic E-state index is 0.359. The van der Waals surface area contributed by atoms with Gasteiger partial charge in [0.1, 0.15) is 0 Å². The zero-order valence-electron chi connectivity index (χ0n) is 12.3. The van der Waals surface area contributed by atoms with Gasteiger partial charge in [0.2, 0.25) is 0 Å². The summed E-state index contributed by atoms with van der Waals surface area (Å²) < 4.78 is 0. The molecule has 0 aliphatic rings. The molecule has 0 spiro atoms. The number of benzene rings is 1. The lowest BCUT2D eigenvalue weighted by atomic mass is 9.84. The van der Waals surface area contributed by atoms with Gasteiger partial charge in [0.05, 0.1) is 0 Å². The molecule has 0 amide bonds. The number of nitrogens with two attached hydrogens (primary N) is 1. The predicted molar refractivity (Wildman–Crippen MR) is 79.4 cm³/mol. The second-order valence-corrected chi connectivity index (χ2v) is 6.55. The van der Waals surface area contributed by atoms with Crippen molar-refractivity contribution in [1.82, 2.24) is 4.90 Å². The summed E-state index contributed by atoms with van der Waals surface area (Å²) in [7, 11) is 2.18. The highest BCUT2D eigenvalue weighted by Crippen LogP contribution is 2.24. The molecular weight excluding hydrogens is 220 g/mol. The van der Waals surface area contributed by atoms with Crippen molar-refractivity contribution in [2.45, 2.75) is 33.7 Å². The molecule has 0 fully saturated rings. The normalized spacial score (nSPS) is 13.9. The molecule has 0 aliphatic carbocycles. The molecule has 102 valence electrons. The first-order chi connectivity index (χ1) is 8.40. The van der Waals surface area contributed by atoms with Crippen molar-refractivity contribution >= 4 is 0 Å². The van der Waals surface area contributed by atoms with Crippen molar-refractivity contribution in [1.29, 1.82) is 0 Å². The number of rotatable bonds is 6. The maximum Gasteiger partial charge on any atom is 0.0230 e. The molecule has 0 radical (unpaired) electrons. The van der Waals surface area contributed by atoms with Crippen LogP contribution in [0, 0.1) is 11.3 Å². The Morgan fingerprint density at radius 2 is 1.78 bits per heavy atom. The first-order valence-corrected chi connectivity index (χ1v) is 6.83. The van der Waals surface area contributed by atoms with Crippen molar-refractivity contribution in [3.63, 3.8) is 0 Å². The van der Waals surface area contributed by atoms with Gasteiger partial charge in [-0.1, -0.05) is 51.1 Å². The molecule has 1 unspecified atom stereocenters. The highest BCUT2D eigenvalue weighted by Gasteiger charge is 2.18. The lowest BCUT2D eigenvalue weighted by Gasteiger charge is -2.28. The topological polar surface area (TPSA) is 29.3 Å². The first kappa shape index (κ1) is 15.2. The van der Waals surface area contributed by atoms with Crippen LogP contribution in [0.5, 0.6) is 0 Å². The van der Waals surface area contributed by atoms with Crippen LogP contribution in [-0.2, 0) is 6.54 Å². The fourth-order valence-electron chi connectivity index (χ4n) is 2.49. The van der Waals surface area contributed by atoms with Gasteiger partial charge >= 0.3 is 0 Å². The van der Waals surface area contributed by atoms with Crippen LogP contribution in [0.25, 0.3) is 0 Å². The van der Waals surface area contributed by atoms with Gasteiger partial charge in [-0.2, -0.15) is 0 Å². The van der Waals surface area contributed by atoms with Crippen LogP contribution < -0.4 is 5.73 Å². The Labute approximate surface area is 112 Å². The van der Waals surface area contributed by atoms with Crippen molar-refractivity contribution < 1.29 is 0 Å². The van der Waals surface area contributed by atoms with E-state index < -0.39 is 0 Å². The zero-order chi connectivity index (χ0) is 13.6. The summed E-state index contributed by atoms with van der Waals surface area (Å²) in [5, 5.41) is 0. The third-order valence-corrected chi connectivity index (χ3v) is 3.10. The summed E-state index contributed by atoms with van der Waals surface area (Å²) in [5.41, 5.74) is 7.62. The van der Waals surface area contributed by atoms with Crippen LogP contribution in [0.1, 0.15) is 32.8 Å². The number of hydrogen-bond acceptors (Lipinski definition) is 2. The summed E-state index contributed by atoms with van der Waals surface area (Å²) >= 11 is 0. The van der Waals surface area contributed by atoms with Gasteiger partial charge in [0.15, 0.2) is 0 Å². The molecule has 2 nitrogen and oxygen atoms in total. The largest absolute Gasteiger partial charge is 0.330 e. The molecule has 1 aromatic carbocycles. The molecule has 0 bridgehead atoms. The number of nitrogens with zero attached hydrogens (tertiary/aromatic N) is 1. The molecule has 2 heteroatoms. The molecule has 1 atom stereocenters. The van der Waals surface area contributed by atoms with Crippen molar-refractivity contribution in [2.24, 2.45) is 17.1 Å². The van der Waals surface area contributed by atoms with Crippen molar-refractivity contribution in [3.05, 3.63) is 35.9 Å². The fraction of sp³-hybridized carbons (Fsp3) is 0.625. The minimum Gasteiger partial charge on any atom is -0.330 e. The Bertz CT molecular complexity index is 327. The Morgan fingerprint density at radius 1 is 1.17 bits per heavy atom. The first-order valence-electron chi connectivity index (χ1n) is 6.83. The van der Waals surface area contributed by atoms with Crippen LogP contribution in [0.2, 0.25) is 0 Å². The van der Waals surface area contributed by atoms with Gasteiger partial charge in [0, 0.05) is 13.1 Å². The molecule has 1 rings (SSSR count). The van der Waals surface area contributed by atoms with Crippen LogP contribution in [0.4, 0.5) is 0 Å². The molecular formula is C16H28N2. The quantitative estimate of drug-likeness (QED) is 0.838. The molecule has 0 aromatic heterocycles. The molecule has 18 heavy (non-hydrogen) atoms. The predicted octanol–water partition coefficient (Wildman–Crippen LogP) is 3.13. The van der Waals surface area contributed by atoms with E-state index in [9.17, 15) is 0 Å². The zero-order valence-corrected chi connectivity index (χ0v) is 12.3. The maximum absolute atomic E-state index is 5.89. The van der Waals surface area contributed by atoms with Crippen LogP contribution in [-0.4, -0.2) is 25.0 Å². The van der Waals surface area contributed by atoms with Gasteiger partial charge in [0.25, 0.3) is 0 Å². The lowest BCUT2D eigenvalue weighted by Crippen LogP contribution is -2.32. The van der Waals surface area contributed by atoms with E-state index in [0.717, 1.165) is 19.6 Å². The Kier molecular flexibility index (Phi) is 5.83. The van der Waals surface area contributed by atoms with Crippen molar-refractivity contribution in [3.8, 4) is 0 Å². The third kappa shape index (κ3) is 6.18. The van der Waals surface area contributed by atoms with E-state index in [1.54, 1.807) is 0 Å². The Morgan fingerprint density at radius 3 is 2.28 bits per heavy atom. The SMILES string of the molecule is CN(Cc1ccccc1)CC(CN)CC(C)(C)C. The smallest absolute Gasteiger partial charge is 0.0230 e. The number of hydrogen-bond donors (Lipinski definition) is 1. The second-order valence-electron chi connectivity index (χ2n) is 6.55. The summed E-state index contributed by atoms with van der Waals surface area (Å²) in [6.07, 6.45) is 1.18. The van der Waals surface area contributed by atoms with E-state index in [2.05, 4.69) is 63.1 Å². The fourth-order valence-corrected chi connectivity index (χ4v) is 2.49. The summed E-state index contributed by atoms with van der Waals surface area (Å²) in [6.45, 7) is 9.70. The van der Waals surface area contributed by atoms with Crippen molar-refractivity contribution in [2.75, 3.05) is 20.1 Å². The van der Waals surface area contributed by atoms with Crippen LogP contribution >= 0.6 is 0 Å². The van der Waals surface area contributed by atoms with E-state index in [-0.39, 0.29) is 0 Å². The van der Waals surface area contributed by atoms with Gasteiger partial charge in [-0.25, -0.2) is 0 Å². The molecule has 2 N–H and O–H groups in total. The highest BCUT2D eigenvalue weighted by atomic mass is 15.1. The summed E-state index contributed by atoms with van der Waals surface area (Å²) in [6, 6.07) is 10.6. The van der Waals surface area contributed by atoms with Gasteiger partial charge < -0.3 is 10.6 Å². The molecule has 0 aliphatic heterocycles. The van der Waals surface area contributed by atoms with Crippen LogP contribution in [0.3, 0.4) is 0 Å².